The van der Waals surface area contributed by atoms with E-state index in [-0.39, 0.29) is 42.5 Å². The van der Waals surface area contributed by atoms with Crippen molar-refractivity contribution in [1.29, 1.82) is 0 Å². The fraction of sp³-hybridized carbons (Fsp3) is 0.344. The molecule has 0 atom stereocenters. The lowest BCUT2D eigenvalue weighted by Gasteiger charge is -2.32. The summed E-state index contributed by atoms with van der Waals surface area (Å²) in [4.78, 5) is 44.4. The number of piperazine rings is 1. The molecule has 8 nitrogen and oxygen atoms in total. The number of likely N-dealkylation sites (N-methyl/N-ethyl adjacent to an activating group) is 1. The third-order valence-corrected chi connectivity index (χ3v) is 7.12. The summed E-state index contributed by atoms with van der Waals surface area (Å²) in [5.41, 5.74) is 1.98. The van der Waals surface area contributed by atoms with Crippen molar-refractivity contribution >= 4 is 53.9 Å². The van der Waals surface area contributed by atoms with Crippen LogP contribution in [0.15, 0.2) is 78.9 Å². The van der Waals surface area contributed by atoms with Crippen molar-refractivity contribution in [3.05, 3.63) is 90.0 Å². The van der Waals surface area contributed by atoms with Crippen LogP contribution >= 0.6 is 24.8 Å². The van der Waals surface area contributed by atoms with Gasteiger partial charge in [-0.2, -0.15) is 0 Å². The fourth-order valence-corrected chi connectivity index (χ4v) is 4.66. The number of hydrogen-bond acceptors (Lipinski definition) is 5. The second-order valence-electron chi connectivity index (χ2n) is 10.0. The Labute approximate surface area is 260 Å². The van der Waals surface area contributed by atoms with Crippen LogP contribution in [-0.2, 0) is 4.79 Å². The molecule has 0 bridgehead atoms. The highest BCUT2D eigenvalue weighted by Crippen LogP contribution is 2.30. The molecule has 0 saturated carbocycles. The largest absolute Gasteiger partial charge is 0.491 e. The van der Waals surface area contributed by atoms with E-state index in [1.807, 2.05) is 35.2 Å². The molecule has 1 fully saturated rings. The maximum Gasteiger partial charge on any atom is 0.260 e. The predicted octanol–water partition coefficient (Wildman–Crippen LogP) is 5.77. The SMILES string of the molecule is CN1CCN(C(=O)CCCCCOc2ccccc2N(C)C(=O)c2ccccc2NC(=O)c2ccccc2)CC1.Cl.Cl. The summed E-state index contributed by atoms with van der Waals surface area (Å²) in [5.74, 6) is 0.303. The molecule has 10 heteroatoms. The number of carbonyl (C=O) groups is 3. The van der Waals surface area contributed by atoms with Gasteiger partial charge in [0, 0.05) is 45.2 Å². The number of ether oxygens (including phenoxy) is 1. The molecular weight excluding hydrogens is 575 g/mol. The van der Waals surface area contributed by atoms with E-state index in [0.29, 0.717) is 41.3 Å². The minimum atomic E-state index is -0.280. The van der Waals surface area contributed by atoms with Crippen molar-refractivity contribution in [2.45, 2.75) is 25.7 Å². The van der Waals surface area contributed by atoms with Crippen molar-refractivity contribution in [2.75, 3.05) is 57.1 Å². The Balaban J connectivity index is 0.00000308. The van der Waals surface area contributed by atoms with Crippen LogP contribution in [0.5, 0.6) is 5.75 Å². The van der Waals surface area contributed by atoms with Gasteiger partial charge in [0.1, 0.15) is 5.75 Å². The number of anilines is 2. The van der Waals surface area contributed by atoms with Gasteiger partial charge in [-0.25, -0.2) is 0 Å². The van der Waals surface area contributed by atoms with E-state index in [1.54, 1.807) is 55.6 Å². The monoisotopic (exact) mass is 614 g/mol. The Morgan fingerprint density at radius 3 is 2.19 bits per heavy atom. The molecular formula is C32H40Cl2N4O4. The van der Waals surface area contributed by atoms with E-state index < -0.39 is 0 Å². The number of benzene rings is 3. The van der Waals surface area contributed by atoms with Crippen molar-refractivity contribution in [3.8, 4) is 5.75 Å². The summed E-state index contributed by atoms with van der Waals surface area (Å²) in [7, 11) is 3.78. The van der Waals surface area contributed by atoms with Gasteiger partial charge in [-0.05, 0) is 62.7 Å². The van der Waals surface area contributed by atoms with E-state index >= 15 is 0 Å². The van der Waals surface area contributed by atoms with Crippen molar-refractivity contribution in [1.82, 2.24) is 9.80 Å². The molecule has 1 heterocycles. The van der Waals surface area contributed by atoms with Crippen molar-refractivity contribution in [2.24, 2.45) is 0 Å². The first kappa shape index (κ1) is 34.6. The Morgan fingerprint density at radius 1 is 0.810 bits per heavy atom. The van der Waals surface area contributed by atoms with Gasteiger partial charge in [-0.1, -0.05) is 42.5 Å². The number of nitrogens with one attached hydrogen (secondary N) is 1. The lowest BCUT2D eigenvalue weighted by atomic mass is 10.1. The first-order valence-electron chi connectivity index (χ1n) is 13.9. The zero-order valence-corrected chi connectivity index (χ0v) is 25.8. The molecule has 1 saturated heterocycles. The molecule has 0 spiro atoms. The summed E-state index contributed by atoms with van der Waals surface area (Å²) in [6.45, 7) is 3.98. The van der Waals surface area contributed by atoms with Crippen LogP contribution in [0.2, 0.25) is 0 Å². The smallest absolute Gasteiger partial charge is 0.260 e. The van der Waals surface area contributed by atoms with Gasteiger partial charge in [0.05, 0.1) is 23.5 Å². The molecule has 0 unspecified atom stereocenters. The summed E-state index contributed by atoms with van der Waals surface area (Å²) >= 11 is 0. The molecule has 1 aliphatic rings. The van der Waals surface area contributed by atoms with Crippen LogP contribution in [0.3, 0.4) is 0 Å². The molecule has 3 amide bonds. The Kier molecular flexibility index (Phi) is 14.3. The fourth-order valence-electron chi connectivity index (χ4n) is 4.66. The van der Waals surface area contributed by atoms with E-state index in [2.05, 4.69) is 17.3 Å². The van der Waals surface area contributed by atoms with E-state index in [1.165, 1.54) is 4.90 Å². The molecule has 1 N–H and O–H groups in total. The highest BCUT2D eigenvalue weighted by molar-refractivity contribution is 6.13. The summed E-state index contributed by atoms with van der Waals surface area (Å²) in [6, 6.07) is 23.3. The number of unbranched alkanes of at least 4 members (excludes halogenated alkanes) is 2. The van der Waals surface area contributed by atoms with Gasteiger partial charge in [-0.3, -0.25) is 14.4 Å². The second-order valence-corrected chi connectivity index (χ2v) is 10.0. The number of hydrogen-bond donors (Lipinski definition) is 1. The van der Waals surface area contributed by atoms with E-state index in [4.69, 9.17) is 4.74 Å². The minimum absolute atomic E-state index is 0. The molecule has 226 valence electrons. The first-order valence-corrected chi connectivity index (χ1v) is 13.9. The third-order valence-electron chi connectivity index (χ3n) is 7.12. The number of carbonyl (C=O) groups excluding carboxylic acids is 3. The summed E-state index contributed by atoms with van der Waals surface area (Å²) < 4.78 is 6.07. The highest BCUT2D eigenvalue weighted by atomic mass is 35.5. The molecule has 4 rings (SSSR count). The van der Waals surface area contributed by atoms with Gasteiger partial charge in [0.25, 0.3) is 11.8 Å². The minimum Gasteiger partial charge on any atom is -0.491 e. The van der Waals surface area contributed by atoms with E-state index in [0.717, 1.165) is 45.4 Å². The first-order chi connectivity index (χ1) is 19.4. The van der Waals surface area contributed by atoms with Crippen LogP contribution in [0.1, 0.15) is 46.4 Å². The maximum atomic E-state index is 13.5. The number of amides is 3. The lowest BCUT2D eigenvalue weighted by Crippen LogP contribution is -2.47. The topological polar surface area (TPSA) is 82.2 Å². The number of nitrogens with zero attached hydrogens (tertiary/aromatic N) is 3. The molecule has 1 aliphatic heterocycles. The number of para-hydroxylation sites is 3. The van der Waals surface area contributed by atoms with E-state index in [9.17, 15) is 14.4 Å². The number of halogens is 2. The Morgan fingerprint density at radius 2 is 1.45 bits per heavy atom. The van der Waals surface area contributed by atoms with Crippen LogP contribution in [-0.4, -0.2) is 74.4 Å². The van der Waals surface area contributed by atoms with Gasteiger partial charge >= 0.3 is 0 Å². The Bertz CT molecular complexity index is 1300. The molecule has 0 aliphatic carbocycles. The quantitative estimate of drug-likeness (QED) is 0.277. The maximum absolute atomic E-state index is 13.5. The molecule has 3 aromatic rings. The third kappa shape index (κ3) is 9.48. The zero-order chi connectivity index (χ0) is 28.3. The van der Waals surface area contributed by atoms with Crippen molar-refractivity contribution < 1.29 is 19.1 Å². The highest BCUT2D eigenvalue weighted by Gasteiger charge is 2.21. The average molecular weight is 616 g/mol. The van der Waals surface area contributed by atoms with Crippen LogP contribution in [0.4, 0.5) is 11.4 Å². The second kappa shape index (κ2) is 17.4. The molecule has 0 aromatic heterocycles. The van der Waals surface area contributed by atoms with Crippen molar-refractivity contribution in [3.63, 3.8) is 0 Å². The molecule has 42 heavy (non-hydrogen) atoms. The van der Waals surface area contributed by atoms with Crippen LogP contribution in [0, 0.1) is 0 Å². The average Bonchev–Trinajstić information content (AvgIpc) is 2.99. The lowest BCUT2D eigenvalue weighted by molar-refractivity contribution is -0.132. The zero-order valence-electron chi connectivity index (χ0n) is 24.2. The normalized spacial score (nSPS) is 12.9. The van der Waals surface area contributed by atoms with Gasteiger partial charge in [-0.15, -0.1) is 24.8 Å². The molecule has 0 radical (unpaired) electrons. The summed E-state index contributed by atoms with van der Waals surface area (Å²) in [6.07, 6.45) is 3.11. The van der Waals surface area contributed by atoms with Gasteiger partial charge in [0.2, 0.25) is 5.91 Å². The predicted molar refractivity (Wildman–Crippen MR) is 173 cm³/mol. The van der Waals surface area contributed by atoms with Crippen LogP contribution in [0.25, 0.3) is 0 Å². The van der Waals surface area contributed by atoms with Crippen LogP contribution < -0.4 is 15.0 Å². The Hall–Kier alpha value is -3.59. The standard InChI is InChI=1S/C32H38N4O4.2ClH/c1-34-20-22-36(23-21-34)30(37)19-7-4-12-24-40-29-18-11-10-17-28(29)35(2)32(39)26-15-8-9-16-27(26)33-31(38)25-13-5-3-6-14-25;;/h3,5-6,8-11,13-18H,4,7,12,19-24H2,1-2H3,(H,33,38);2*1H. The van der Waals surface area contributed by atoms with Gasteiger partial charge < -0.3 is 24.8 Å². The van der Waals surface area contributed by atoms with Gasteiger partial charge in [0.15, 0.2) is 0 Å². The molecule has 3 aromatic carbocycles. The summed E-state index contributed by atoms with van der Waals surface area (Å²) in [5, 5.41) is 2.87. The number of rotatable bonds is 11.